The lowest BCUT2D eigenvalue weighted by Crippen LogP contribution is -2.13. The Labute approximate surface area is 196 Å². The molecule has 1 aromatic heterocycles. The fourth-order valence-corrected chi connectivity index (χ4v) is 5.27. The highest BCUT2D eigenvalue weighted by Crippen LogP contribution is 2.47. The number of anilines is 2. The van der Waals surface area contributed by atoms with Crippen LogP contribution < -0.4 is 10.6 Å². The Bertz CT molecular complexity index is 1430. The van der Waals surface area contributed by atoms with E-state index < -0.39 is 0 Å². The minimum absolute atomic E-state index is 0.224. The summed E-state index contributed by atoms with van der Waals surface area (Å²) < 4.78 is 0. The van der Waals surface area contributed by atoms with Gasteiger partial charge < -0.3 is 5.32 Å². The quantitative estimate of drug-likeness (QED) is 0.325. The molecule has 164 valence electrons. The first-order valence-electron chi connectivity index (χ1n) is 10.7. The fourth-order valence-electron chi connectivity index (χ4n) is 4.41. The Kier molecular flexibility index (Phi) is 5.10. The minimum Gasteiger partial charge on any atom is -0.321 e. The second kappa shape index (κ2) is 7.98. The first kappa shape index (κ1) is 21.1. The monoisotopic (exact) mass is 453 g/mol. The molecule has 6 heteroatoms. The van der Waals surface area contributed by atoms with Crippen molar-refractivity contribution in [3.8, 4) is 22.3 Å². The molecule has 1 aliphatic carbocycles. The van der Waals surface area contributed by atoms with Crippen LogP contribution in [0.1, 0.15) is 42.4 Å². The lowest BCUT2D eigenvalue weighted by Gasteiger charge is -2.24. The van der Waals surface area contributed by atoms with E-state index >= 15 is 0 Å². The van der Waals surface area contributed by atoms with Gasteiger partial charge in [-0.3, -0.25) is 14.9 Å². The number of nitrogens with zero attached hydrogens (tertiary/aromatic N) is 1. The number of nitrogens with one attached hydrogen (secondary N) is 2. The smallest absolute Gasteiger partial charge is 0.267 e. The van der Waals surface area contributed by atoms with E-state index in [1.807, 2.05) is 63.2 Å². The average molecular weight is 454 g/mol. The van der Waals surface area contributed by atoms with Crippen LogP contribution >= 0.6 is 11.3 Å². The van der Waals surface area contributed by atoms with Gasteiger partial charge in [0.25, 0.3) is 11.8 Å². The predicted octanol–water partition coefficient (Wildman–Crippen LogP) is 6.53. The topological polar surface area (TPSA) is 71.1 Å². The molecule has 5 rings (SSSR count). The van der Waals surface area contributed by atoms with Crippen LogP contribution in [0.4, 0.5) is 10.8 Å². The molecule has 5 nitrogen and oxygen atoms in total. The molecular weight excluding hydrogens is 430 g/mol. The van der Waals surface area contributed by atoms with Crippen LogP contribution in [0.15, 0.2) is 54.6 Å². The number of aromatic nitrogens is 1. The summed E-state index contributed by atoms with van der Waals surface area (Å²) >= 11 is 1.18. The molecule has 2 amide bonds. The van der Waals surface area contributed by atoms with E-state index in [1.54, 1.807) is 6.92 Å². The highest BCUT2D eigenvalue weighted by atomic mass is 32.1. The van der Waals surface area contributed by atoms with Gasteiger partial charge in [-0.05, 0) is 73.2 Å². The highest BCUT2D eigenvalue weighted by molar-refractivity contribution is 7.17. The van der Waals surface area contributed by atoms with Crippen molar-refractivity contribution < 1.29 is 9.59 Å². The van der Waals surface area contributed by atoms with Crippen LogP contribution in [0, 0.1) is 27.7 Å². The number of rotatable bonds is 4. The number of thiazole rings is 1. The second-order valence-corrected chi connectivity index (χ2v) is 9.42. The number of aryl methyl sites for hydroxylation is 4. The van der Waals surface area contributed by atoms with Crippen molar-refractivity contribution in [1.82, 2.24) is 4.98 Å². The van der Waals surface area contributed by atoms with Crippen LogP contribution in [-0.4, -0.2) is 16.8 Å². The number of carbonyl (C=O) groups is 2. The van der Waals surface area contributed by atoms with Crippen molar-refractivity contribution in [2.24, 2.45) is 0 Å². The van der Waals surface area contributed by atoms with Gasteiger partial charge in [0.1, 0.15) is 4.88 Å². The molecule has 0 fully saturated rings. The van der Waals surface area contributed by atoms with E-state index in [1.165, 1.54) is 16.9 Å². The third kappa shape index (κ3) is 3.72. The summed E-state index contributed by atoms with van der Waals surface area (Å²) in [5.74, 6) is -0.466. The van der Waals surface area contributed by atoms with Gasteiger partial charge in [-0.2, -0.15) is 0 Å². The largest absolute Gasteiger partial charge is 0.321 e. The van der Waals surface area contributed by atoms with Gasteiger partial charge in [0.2, 0.25) is 0 Å². The van der Waals surface area contributed by atoms with Gasteiger partial charge in [-0.25, -0.2) is 4.98 Å². The third-order valence-electron chi connectivity index (χ3n) is 5.93. The van der Waals surface area contributed by atoms with Crippen molar-refractivity contribution in [1.29, 1.82) is 0 Å². The molecule has 0 unspecified atom stereocenters. The van der Waals surface area contributed by atoms with Crippen molar-refractivity contribution in [2.75, 3.05) is 10.6 Å². The van der Waals surface area contributed by atoms with Gasteiger partial charge >= 0.3 is 0 Å². The first-order valence-corrected chi connectivity index (χ1v) is 11.6. The summed E-state index contributed by atoms with van der Waals surface area (Å²) in [4.78, 5) is 30.7. The van der Waals surface area contributed by atoms with Gasteiger partial charge in [0.15, 0.2) is 5.13 Å². The fraction of sp³-hybridized carbons (Fsp3) is 0.148. The van der Waals surface area contributed by atoms with Gasteiger partial charge in [0.05, 0.1) is 5.69 Å². The molecule has 0 atom stereocenters. The van der Waals surface area contributed by atoms with Gasteiger partial charge in [-0.1, -0.05) is 59.4 Å². The Morgan fingerprint density at radius 1 is 0.758 bits per heavy atom. The first-order chi connectivity index (χ1) is 15.8. The molecule has 3 aromatic carbocycles. The average Bonchev–Trinajstić information content (AvgIpc) is 3.14. The minimum atomic E-state index is -0.242. The van der Waals surface area contributed by atoms with E-state index in [9.17, 15) is 9.59 Å². The molecule has 0 spiro atoms. The Balaban J connectivity index is 1.33. The summed E-state index contributed by atoms with van der Waals surface area (Å²) in [7, 11) is 0. The van der Waals surface area contributed by atoms with Crippen LogP contribution in [0.2, 0.25) is 0 Å². The van der Waals surface area contributed by atoms with Crippen molar-refractivity contribution >= 4 is 34.0 Å². The molecule has 4 aromatic rings. The standard InChI is InChI=1S/C27H23N3O2S/c1-14-11-15(2)23(16(3)12-14)29-26(32)24-17(4)28-27(33-24)30-25(31)18-9-10-21-19-7-5-6-8-20(19)22(21)13-18/h5-13H,1-4H3,(H,29,32)(H,28,30,31). The zero-order valence-corrected chi connectivity index (χ0v) is 19.7. The van der Waals surface area contributed by atoms with Crippen LogP contribution in [0.3, 0.4) is 0 Å². The Morgan fingerprint density at radius 2 is 1.39 bits per heavy atom. The number of carbonyl (C=O) groups excluding carboxylic acids is 2. The maximum atomic E-state index is 12.9. The number of amides is 2. The zero-order chi connectivity index (χ0) is 23.3. The van der Waals surface area contributed by atoms with Crippen LogP contribution in [0.5, 0.6) is 0 Å². The Morgan fingerprint density at radius 3 is 2.09 bits per heavy atom. The van der Waals surface area contributed by atoms with E-state index in [-0.39, 0.29) is 11.8 Å². The van der Waals surface area contributed by atoms with Gasteiger partial charge in [-0.15, -0.1) is 0 Å². The highest BCUT2D eigenvalue weighted by Gasteiger charge is 2.24. The molecule has 0 bridgehead atoms. The lowest BCUT2D eigenvalue weighted by atomic mass is 9.80. The maximum absolute atomic E-state index is 12.9. The zero-order valence-electron chi connectivity index (χ0n) is 18.9. The summed E-state index contributed by atoms with van der Waals surface area (Å²) in [6.45, 7) is 7.77. The van der Waals surface area contributed by atoms with E-state index in [0.717, 1.165) is 39.1 Å². The Hall–Kier alpha value is -3.77. The molecule has 0 aliphatic heterocycles. The van der Waals surface area contributed by atoms with Crippen molar-refractivity contribution in [3.05, 3.63) is 87.4 Å². The molecule has 1 aliphatic rings. The van der Waals surface area contributed by atoms with Crippen LogP contribution in [0.25, 0.3) is 22.3 Å². The molecular formula is C27H23N3O2S. The van der Waals surface area contributed by atoms with E-state index in [4.69, 9.17) is 0 Å². The summed E-state index contributed by atoms with van der Waals surface area (Å²) in [6, 6.07) is 18.0. The molecule has 0 radical (unpaired) electrons. The normalized spacial score (nSPS) is 11.3. The van der Waals surface area contributed by atoms with Gasteiger partial charge in [0, 0.05) is 11.3 Å². The van der Waals surface area contributed by atoms with E-state index in [0.29, 0.717) is 21.3 Å². The molecule has 0 saturated carbocycles. The number of fused-ring (bicyclic) bond motifs is 4. The predicted molar refractivity (Wildman–Crippen MR) is 134 cm³/mol. The number of benzene rings is 3. The maximum Gasteiger partial charge on any atom is 0.267 e. The van der Waals surface area contributed by atoms with E-state index in [2.05, 4.69) is 27.8 Å². The summed E-state index contributed by atoms with van der Waals surface area (Å²) in [5, 5.41) is 6.27. The van der Waals surface area contributed by atoms with Crippen molar-refractivity contribution in [2.45, 2.75) is 27.7 Å². The number of hydrogen-bond donors (Lipinski definition) is 2. The van der Waals surface area contributed by atoms with Crippen LogP contribution in [-0.2, 0) is 0 Å². The summed E-state index contributed by atoms with van der Waals surface area (Å²) in [5.41, 5.74) is 9.75. The second-order valence-electron chi connectivity index (χ2n) is 8.42. The molecule has 33 heavy (non-hydrogen) atoms. The lowest BCUT2D eigenvalue weighted by molar-refractivity contribution is 0.102. The molecule has 0 saturated heterocycles. The third-order valence-corrected chi connectivity index (χ3v) is 7.00. The summed E-state index contributed by atoms with van der Waals surface area (Å²) in [6.07, 6.45) is 0. The molecule has 1 heterocycles. The molecule has 2 N–H and O–H groups in total. The van der Waals surface area contributed by atoms with Crippen molar-refractivity contribution in [3.63, 3.8) is 0 Å². The number of hydrogen-bond acceptors (Lipinski definition) is 4. The SMILES string of the molecule is Cc1cc(C)c(NC(=O)c2sc(NC(=O)c3ccc4c(c3)-c3ccccc3-4)nc2C)c(C)c1.